The van der Waals surface area contributed by atoms with E-state index >= 15 is 0 Å². The maximum Gasteiger partial charge on any atom is 0.243 e. The molecular formula is C16H27N5O2S2Si. The van der Waals surface area contributed by atoms with Crippen molar-refractivity contribution in [3.63, 3.8) is 0 Å². The molecule has 2 aromatic rings. The van der Waals surface area contributed by atoms with Gasteiger partial charge in [-0.2, -0.15) is 4.31 Å². The number of sulfonamides is 1. The van der Waals surface area contributed by atoms with Gasteiger partial charge in [-0.25, -0.2) is 13.1 Å². The van der Waals surface area contributed by atoms with E-state index in [4.69, 9.17) is 5.84 Å². The Kier molecular flexibility index (Phi) is 6.54. The number of benzene rings is 1. The monoisotopic (exact) mass is 413 g/mol. The Labute approximate surface area is 161 Å². The van der Waals surface area contributed by atoms with Gasteiger partial charge in [0.15, 0.2) is 5.82 Å². The minimum Gasteiger partial charge on any atom is -0.335 e. The van der Waals surface area contributed by atoms with Crippen molar-refractivity contribution < 1.29 is 8.42 Å². The van der Waals surface area contributed by atoms with Gasteiger partial charge in [-0.15, -0.1) is 10.2 Å². The van der Waals surface area contributed by atoms with Crippen LogP contribution in [0.1, 0.15) is 13.8 Å². The molecule has 0 unspecified atom stereocenters. The topological polar surface area (TPSA) is 94.1 Å². The molecule has 1 aromatic carbocycles. The molecule has 10 heteroatoms. The lowest BCUT2D eigenvalue weighted by Crippen LogP contribution is -2.30. The predicted octanol–water partition coefficient (Wildman–Crippen LogP) is 2.66. The summed E-state index contributed by atoms with van der Waals surface area (Å²) in [5.74, 6) is 6.62. The summed E-state index contributed by atoms with van der Waals surface area (Å²) in [6.07, 6.45) is 0. The normalized spacial score (nSPS) is 12.7. The van der Waals surface area contributed by atoms with E-state index in [0.717, 1.165) is 5.38 Å². The molecule has 7 nitrogen and oxygen atoms in total. The Morgan fingerprint density at radius 2 is 1.85 bits per heavy atom. The van der Waals surface area contributed by atoms with Crippen LogP contribution in [0, 0.1) is 0 Å². The SMILES string of the molecule is CCN(CC)S(=O)(=O)c1cccc(-c2nnc(SC[Si](C)(C)C)n2N)c1. The number of rotatable bonds is 8. The van der Waals surface area contributed by atoms with Crippen LogP contribution in [0.25, 0.3) is 11.4 Å². The van der Waals surface area contributed by atoms with Crippen LogP contribution < -0.4 is 5.84 Å². The number of nitrogens with zero attached hydrogens (tertiary/aromatic N) is 4. The third-order valence-corrected chi connectivity index (χ3v) is 10.4. The van der Waals surface area contributed by atoms with Gasteiger partial charge in [0.25, 0.3) is 0 Å². The first kappa shape index (κ1) is 20.9. The van der Waals surface area contributed by atoms with Crippen LogP contribution in [0.2, 0.25) is 19.6 Å². The second-order valence-corrected chi connectivity index (χ2v) is 16.0. The van der Waals surface area contributed by atoms with Crippen molar-refractivity contribution in [2.24, 2.45) is 0 Å². The van der Waals surface area contributed by atoms with Crippen LogP contribution in [0.3, 0.4) is 0 Å². The van der Waals surface area contributed by atoms with Crippen molar-refractivity contribution in [2.75, 3.05) is 24.3 Å². The molecular weight excluding hydrogens is 386 g/mol. The number of thioether (sulfide) groups is 1. The molecule has 2 N–H and O–H groups in total. The summed E-state index contributed by atoms with van der Waals surface area (Å²) in [4.78, 5) is 0.234. The fourth-order valence-corrected chi connectivity index (χ4v) is 6.44. The lowest BCUT2D eigenvalue weighted by molar-refractivity contribution is 0.445. The average Bonchev–Trinajstić information content (AvgIpc) is 2.94. The summed E-state index contributed by atoms with van der Waals surface area (Å²) in [6, 6.07) is 6.69. The number of aromatic nitrogens is 3. The molecule has 0 saturated heterocycles. The van der Waals surface area contributed by atoms with Gasteiger partial charge in [-0.3, -0.25) is 0 Å². The van der Waals surface area contributed by atoms with Crippen molar-refractivity contribution in [2.45, 2.75) is 43.5 Å². The fourth-order valence-electron chi connectivity index (χ4n) is 2.36. The van der Waals surface area contributed by atoms with Crippen LogP contribution in [0.4, 0.5) is 0 Å². The fraction of sp³-hybridized carbons (Fsp3) is 0.500. The molecule has 26 heavy (non-hydrogen) atoms. The van der Waals surface area contributed by atoms with E-state index in [1.54, 1.807) is 36.0 Å². The quantitative estimate of drug-likeness (QED) is 0.406. The lowest BCUT2D eigenvalue weighted by atomic mass is 10.2. The predicted molar refractivity (Wildman–Crippen MR) is 110 cm³/mol. The van der Waals surface area contributed by atoms with Crippen LogP contribution in [-0.4, -0.2) is 54.1 Å². The maximum absolute atomic E-state index is 12.7. The number of hydrogen-bond donors (Lipinski definition) is 1. The van der Waals surface area contributed by atoms with Crippen LogP contribution >= 0.6 is 11.8 Å². The maximum atomic E-state index is 12.7. The molecule has 2 rings (SSSR count). The second-order valence-electron chi connectivity index (χ2n) is 7.14. The largest absolute Gasteiger partial charge is 0.335 e. The van der Waals surface area contributed by atoms with Gasteiger partial charge in [-0.1, -0.05) is 57.4 Å². The third kappa shape index (κ3) is 4.67. The summed E-state index contributed by atoms with van der Waals surface area (Å²) in [7, 11) is -4.78. The van der Waals surface area contributed by atoms with Gasteiger partial charge < -0.3 is 5.84 Å². The summed E-state index contributed by atoms with van der Waals surface area (Å²) in [5, 5.41) is 9.96. The van der Waals surface area contributed by atoms with E-state index in [2.05, 4.69) is 29.8 Å². The highest BCUT2D eigenvalue weighted by Crippen LogP contribution is 2.26. The van der Waals surface area contributed by atoms with Gasteiger partial charge in [0, 0.05) is 18.7 Å². The first-order valence-electron chi connectivity index (χ1n) is 8.54. The molecule has 0 spiro atoms. The van der Waals surface area contributed by atoms with E-state index in [-0.39, 0.29) is 4.90 Å². The molecule has 1 heterocycles. The van der Waals surface area contributed by atoms with Gasteiger partial charge >= 0.3 is 0 Å². The smallest absolute Gasteiger partial charge is 0.243 e. The molecule has 0 aliphatic carbocycles. The van der Waals surface area contributed by atoms with Gasteiger partial charge in [0.1, 0.15) is 0 Å². The molecule has 144 valence electrons. The summed E-state index contributed by atoms with van der Waals surface area (Å²) >= 11 is 1.59. The minimum absolute atomic E-state index is 0.234. The van der Waals surface area contributed by atoms with Crippen molar-refractivity contribution in [3.05, 3.63) is 24.3 Å². The first-order valence-corrected chi connectivity index (χ1v) is 14.7. The second kappa shape index (κ2) is 8.11. The molecule has 0 fully saturated rings. The van der Waals surface area contributed by atoms with E-state index < -0.39 is 18.1 Å². The first-order chi connectivity index (χ1) is 12.1. The Morgan fingerprint density at radius 1 is 1.19 bits per heavy atom. The Bertz CT molecular complexity index is 858. The van der Waals surface area contributed by atoms with E-state index in [1.165, 1.54) is 8.98 Å². The third-order valence-electron chi connectivity index (χ3n) is 3.73. The molecule has 1 aromatic heterocycles. The van der Waals surface area contributed by atoms with Gasteiger partial charge in [0.05, 0.1) is 13.0 Å². The summed E-state index contributed by atoms with van der Waals surface area (Å²) in [5.41, 5.74) is 0.632. The van der Waals surface area contributed by atoms with Crippen molar-refractivity contribution in [3.8, 4) is 11.4 Å². The van der Waals surface area contributed by atoms with Gasteiger partial charge in [0.2, 0.25) is 15.2 Å². The molecule has 0 atom stereocenters. The van der Waals surface area contributed by atoms with Crippen molar-refractivity contribution in [1.82, 2.24) is 19.2 Å². The van der Waals surface area contributed by atoms with Crippen LogP contribution in [0.5, 0.6) is 0 Å². The molecule has 0 bridgehead atoms. The zero-order valence-electron chi connectivity index (χ0n) is 15.9. The highest BCUT2D eigenvalue weighted by atomic mass is 32.2. The van der Waals surface area contributed by atoms with E-state index in [0.29, 0.717) is 29.6 Å². The minimum atomic E-state index is -3.53. The lowest BCUT2D eigenvalue weighted by Gasteiger charge is -2.18. The Hall–Kier alpha value is -1.36. The molecule has 0 saturated carbocycles. The summed E-state index contributed by atoms with van der Waals surface area (Å²) < 4.78 is 28.3. The standard InChI is InChI=1S/C16H27N5O2S2Si/c1-6-20(7-2)25(22,23)14-10-8-9-13(11-14)15-18-19-16(21(15)17)24-12-26(3,4)5/h8-11H,6-7,12,17H2,1-5H3. The van der Waals surface area contributed by atoms with E-state index in [1.807, 2.05) is 13.8 Å². The number of nitrogen functional groups attached to an aromatic ring is 1. The molecule has 0 aliphatic rings. The van der Waals surface area contributed by atoms with Crippen molar-refractivity contribution >= 4 is 29.9 Å². The number of hydrogen-bond acceptors (Lipinski definition) is 6. The van der Waals surface area contributed by atoms with Crippen molar-refractivity contribution in [1.29, 1.82) is 0 Å². The van der Waals surface area contributed by atoms with Gasteiger partial charge in [-0.05, 0) is 17.5 Å². The van der Waals surface area contributed by atoms with E-state index in [9.17, 15) is 8.42 Å². The van der Waals surface area contributed by atoms with Crippen LogP contribution in [0.15, 0.2) is 34.3 Å². The zero-order chi connectivity index (χ0) is 19.5. The molecule has 0 radical (unpaired) electrons. The number of nitrogens with two attached hydrogens (primary N) is 1. The Morgan fingerprint density at radius 3 is 2.42 bits per heavy atom. The average molecular weight is 414 g/mol. The molecule has 0 aliphatic heterocycles. The zero-order valence-corrected chi connectivity index (χ0v) is 18.6. The Balaban J connectivity index is 2.36. The van der Waals surface area contributed by atoms with Crippen LogP contribution in [-0.2, 0) is 10.0 Å². The molecule has 0 amide bonds. The summed E-state index contributed by atoms with van der Waals surface area (Å²) in [6.45, 7) is 11.3. The highest BCUT2D eigenvalue weighted by Gasteiger charge is 2.23. The highest BCUT2D eigenvalue weighted by molar-refractivity contribution is 8.00.